The van der Waals surface area contributed by atoms with Crippen molar-refractivity contribution < 1.29 is 18.0 Å². The number of halogens is 1. The average molecular weight is 437 g/mol. The monoisotopic (exact) mass is 437 g/mol. The van der Waals surface area contributed by atoms with Crippen LogP contribution in [-0.4, -0.2) is 12.2 Å². The molecule has 0 radical (unpaired) electrons. The molecule has 1 aliphatic rings. The zero-order valence-electron chi connectivity index (χ0n) is 17.0. The first kappa shape index (κ1) is 20.3. The summed E-state index contributed by atoms with van der Waals surface area (Å²) in [4.78, 5) is 24.8. The number of hydrogen-bond acceptors (Lipinski definition) is 8. The van der Waals surface area contributed by atoms with E-state index in [0.717, 1.165) is 27.5 Å². The lowest BCUT2D eigenvalue weighted by Crippen LogP contribution is -2.49. The van der Waals surface area contributed by atoms with E-state index in [9.17, 15) is 14.0 Å². The van der Waals surface area contributed by atoms with Crippen LogP contribution in [0.15, 0.2) is 56.3 Å². The van der Waals surface area contributed by atoms with E-state index in [1.807, 2.05) is 13.0 Å². The Hall–Kier alpha value is -3.57. The standard InChI is InChI=1S/C22H20FN5O4/c1-11-14(6-7-20(29)24-22-25-27-28-26-22)21(30)32-19-9-18-16(8-15(11)19)17(10-31-18)12-2-4-13(23)5-3-12/h2-5,8-10,22,25-28H,6-7H2,1H3,(H,24,29). The number of benzene rings is 2. The Morgan fingerprint density at radius 3 is 2.59 bits per heavy atom. The molecule has 0 saturated carbocycles. The van der Waals surface area contributed by atoms with Gasteiger partial charge in [0.15, 0.2) is 6.29 Å². The summed E-state index contributed by atoms with van der Waals surface area (Å²) >= 11 is 0. The Morgan fingerprint density at radius 1 is 1.09 bits per heavy atom. The molecule has 32 heavy (non-hydrogen) atoms. The molecule has 1 fully saturated rings. The molecular formula is C22H20FN5O4. The van der Waals surface area contributed by atoms with Crippen molar-refractivity contribution in [3.63, 3.8) is 0 Å². The van der Waals surface area contributed by atoms with Crippen LogP contribution < -0.4 is 32.9 Å². The normalized spacial score (nSPS) is 14.4. The van der Waals surface area contributed by atoms with Gasteiger partial charge in [0, 0.05) is 34.4 Å². The SMILES string of the molecule is Cc1c(CCC(=O)NC2NNNN2)c(=O)oc2cc3occ(-c4ccc(F)cc4)c3cc12. The molecule has 9 nitrogen and oxygen atoms in total. The number of hydrogen-bond donors (Lipinski definition) is 5. The molecule has 10 heteroatoms. The van der Waals surface area contributed by atoms with Crippen LogP contribution in [0.5, 0.6) is 0 Å². The van der Waals surface area contributed by atoms with Crippen LogP contribution in [0, 0.1) is 12.7 Å². The molecule has 1 saturated heterocycles. The third-order valence-electron chi connectivity index (χ3n) is 5.54. The zero-order chi connectivity index (χ0) is 22.2. The van der Waals surface area contributed by atoms with E-state index in [4.69, 9.17) is 8.83 Å². The maximum Gasteiger partial charge on any atom is 0.339 e. The number of hydrazine groups is 3. The predicted octanol–water partition coefficient (Wildman–Crippen LogP) is 2.10. The van der Waals surface area contributed by atoms with E-state index in [1.54, 1.807) is 24.5 Å². The molecule has 5 N–H and O–H groups in total. The maximum atomic E-state index is 13.3. The van der Waals surface area contributed by atoms with Gasteiger partial charge in [0.1, 0.15) is 17.0 Å². The van der Waals surface area contributed by atoms with E-state index in [2.05, 4.69) is 27.2 Å². The Labute approximate surface area is 180 Å². The summed E-state index contributed by atoms with van der Waals surface area (Å²) in [5, 5.41) is 4.29. The molecule has 1 amide bonds. The number of carbonyl (C=O) groups is 1. The zero-order valence-corrected chi connectivity index (χ0v) is 17.0. The van der Waals surface area contributed by atoms with Crippen molar-refractivity contribution in [1.29, 1.82) is 0 Å². The highest BCUT2D eigenvalue weighted by atomic mass is 19.1. The number of furan rings is 1. The lowest BCUT2D eigenvalue weighted by molar-refractivity contribution is -0.122. The van der Waals surface area contributed by atoms with Crippen LogP contribution in [0.2, 0.25) is 0 Å². The van der Waals surface area contributed by atoms with Crippen LogP contribution in [0.1, 0.15) is 17.5 Å². The van der Waals surface area contributed by atoms with Crippen LogP contribution in [0.3, 0.4) is 0 Å². The van der Waals surface area contributed by atoms with Gasteiger partial charge < -0.3 is 14.2 Å². The van der Waals surface area contributed by atoms with E-state index < -0.39 is 11.9 Å². The number of carbonyl (C=O) groups excluding carboxylic acids is 1. The van der Waals surface area contributed by atoms with Crippen molar-refractivity contribution in [2.24, 2.45) is 0 Å². The van der Waals surface area contributed by atoms with Crippen molar-refractivity contribution in [2.75, 3.05) is 0 Å². The van der Waals surface area contributed by atoms with E-state index >= 15 is 0 Å². The summed E-state index contributed by atoms with van der Waals surface area (Å²) in [6.45, 7) is 1.84. The quantitative estimate of drug-likeness (QED) is 0.301. The van der Waals surface area contributed by atoms with Gasteiger partial charge >= 0.3 is 5.63 Å². The first-order valence-corrected chi connectivity index (χ1v) is 10.0. The molecule has 0 atom stereocenters. The molecule has 2 aromatic heterocycles. The van der Waals surface area contributed by atoms with Crippen molar-refractivity contribution in [3.05, 3.63) is 70.0 Å². The van der Waals surface area contributed by atoms with Gasteiger partial charge in [0.2, 0.25) is 5.91 Å². The number of aryl methyl sites for hydroxylation is 1. The van der Waals surface area contributed by atoms with Crippen LogP contribution in [0.25, 0.3) is 33.1 Å². The highest BCUT2D eigenvalue weighted by Gasteiger charge is 2.18. The lowest BCUT2D eigenvalue weighted by atomic mass is 9.99. The molecule has 0 bridgehead atoms. The van der Waals surface area contributed by atoms with E-state index in [1.165, 1.54) is 12.1 Å². The summed E-state index contributed by atoms with van der Waals surface area (Å²) < 4.78 is 24.5. The molecule has 0 unspecified atom stereocenters. The smallest absolute Gasteiger partial charge is 0.339 e. The summed E-state index contributed by atoms with van der Waals surface area (Å²) in [5.41, 5.74) is 14.0. The molecular weight excluding hydrogens is 417 g/mol. The fraction of sp³-hybridized carbons (Fsp3) is 0.182. The van der Waals surface area contributed by atoms with Crippen molar-refractivity contribution >= 4 is 27.8 Å². The minimum atomic E-state index is -0.479. The topological polar surface area (TPSA) is 121 Å². The molecule has 0 aliphatic carbocycles. The Morgan fingerprint density at radius 2 is 1.84 bits per heavy atom. The minimum absolute atomic E-state index is 0.117. The predicted molar refractivity (Wildman–Crippen MR) is 115 cm³/mol. The lowest BCUT2D eigenvalue weighted by Gasteiger charge is -2.12. The third kappa shape index (κ3) is 3.76. The van der Waals surface area contributed by atoms with Crippen LogP contribution in [0.4, 0.5) is 4.39 Å². The van der Waals surface area contributed by atoms with Crippen molar-refractivity contribution in [2.45, 2.75) is 26.1 Å². The van der Waals surface area contributed by atoms with Crippen molar-refractivity contribution in [3.8, 4) is 11.1 Å². The van der Waals surface area contributed by atoms with Gasteiger partial charge in [-0.2, -0.15) is 11.1 Å². The fourth-order valence-electron chi connectivity index (χ4n) is 3.85. The largest absolute Gasteiger partial charge is 0.464 e. The van der Waals surface area contributed by atoms with Gasteiger partial charge in [-0.25, -0.2) is 20.0 Å². The second-order valence-electron chi connectivity index (χ2n) is 7.53. The maximum absolute atomic E-state index is 13.3. The highest BCUT2D eigenvalue weighted by molar-refractivity contribution is 6.02. The molecule has 5 rings (SSSR count). The minimum Gasteiger partial charge on any atom is -0.464 e. The molecule has 4 aromatic rings. The average Bonchev–Trinajstić information content (AvgIpc) is 3.42. The van der Waals surface area contributed by atoms with E-state index in [-0.39, 0.29) is 24.6 Å². The summed E-state index contributed by atoms with van der Waals surface area (Å²) in [6, 6.07) is 9.74. The third-order valence-corrected chi connectivity index (χ3v) is 5.54. The summed E-state index contributed by atoms with van der Waals surface area (Å²) in [7, 11) is 0. The fourth-order valence-corrected chi connectivity index (χ4v) is 3.85. The Balaban J connectivity index is 1.48. The van der Waals surface area contributed by atoms with Gasteiger partial charge in [-0.3, -0.25) is 4.79 Å². The molecule has 1 aliphatic heterocycles. The van der Waals surface area contributed by atoms with Crippen LogP contribution in [-0.2, 0) is 11.2 Å². The summed E-state index contributed by atoms with van der Waals surface area (Å²) in [6.07, 6.45) is 1.49. The second-order valence-corrected chi connectivity index (χ2v) is 7.53. The second kappa shape index (κ2) is 8.17. The first-order chi connectivity index (χ1) is 15.5. The first-order valence-electron chi connectivity index (χ1n) is 10.0. The summed E-state index contributed by atoms with van der Waals surface area (Å²) in [5.74, 6) is -0.548. The Bertz CT molecular complexity index is 1370. The Kier molecular flexibility index (Phi) is 5.19. The highest BCUT2D eigenvalue weighted by Crippen LogP contribution is 2.34. The van der Waals surface area contributed by atoms with Gasteiger partial charge in [-0.1, -0.05) is 12.1 Å². The van der Waals surface area contributed by atoms with Crippen molar-refractivity contribution in [1.82, 2.24) is 27.2 Å². The number of nitrogens with one attached hydrogen (secondary N) is 5. The van der Waals surface area contributed by atoms with Gasteiger partial charge in [-0.05, 0) is 42.7 Å². The van der Waals surface area contributed by atoms with Gasteiger partial charge in [0.05, 0.1) is 6.26 Å². The number of amides is 1. The van der Waals surface area contributed by atoms with Gasteiger partial charge in [0.25, 0.3) is 0 Å². The number of fused-ring (bicyclic) bond motifs is 2. The van der Waals surface area contributed by atoms with Crippen LogP contribution >= 0.6 is 0 Å². The number of rotatable bonds is 5. The molecule has 0 spiro atoms. The molecule has 164 valence electrons. The molecule has 3 heterocycles. The molecule has 2 aromatic carbocycles. The van der Waals surface area contributed by atoms with Gasteiger partial charge in [-0.15, -0.1) is 0 Å². The van der Waals surface area contributed by atoms with E-state index in [0.29, 0.717) is 16.7 Å².